The minimum atomic E-state index is 0.0367. The van der Waals surface area contributed by atoms with Crippen molar-refractivity contribution in [1.29, 1.82) is 0 Å². The molecule has 0 bridgehead atoms. The molecule has 0 saturated carbocycles. The number of nitrogens with one attached hydrogen (secondary N) is 1. The van der Waals surface area contributed by atoms with Crippen molar-refractivity contribution in [1.82, 2.24) is 19.7 Å². The third kappa shape index (κ3) is 2.61. The molecule has 0 aliphatic heterocycles. The van der Waals surface area contributed by atoms with Crippen molar-refractivity contribution in [3.05, 3.63) is 42.0 Å². The van der Waals surface area contributed by atoms with Crippen molar-refractivity contribution < 1.29 is 4.79 Å². The van der Waals surface area contributed by atoms with Crippen LogP contribution in [0.15, 0.2) is 30.7 Å². The molecule has 96 valence electrons. The first-order valence-electron chi connectivity index (χ1n) is 6.10. The SMILES string of the molecule is CCCn1cccc1C(=O)N(C)Cc1cn[nH]c1. The van der Waals surface area contributed by atoms with E-state index in [1.807, 2.05) is 22.9 Å². The summed E-state index contributed by atoms with van der Waals surface area (Å²) < 4.78 is 1.99. The number of aromatic nitrogens is 3. The molecule has 0 aliphatic carbocycles. The lowest BCUT2D eigenvalue weighted by atomic mass is 10.3. The molecule has 0 fully saturated rings. The summed E-state index contributed by atoms with van der Waals surface area (Å²) in [6, 6.07) is 3.78. The predicted molar refractivity (Wildman–Crippen MR) is 69.1 cm³/mol. The van der Waals surface area contributed by atoms with Crippen LogP contribution in [0.25, 0.3) is 0 Å². The van der Waals surface area contributed by atoms with E-state index >= 15 is 0 Å². The molecular weight excluding hydrogens is 228 g/mol. The molecule has 0 saturated heterocycles. The summed E-state index contributed by atoms with van der Waals surface area (Å²) in [6.07, 6.45) is 6.49. The van der Waals surface area contributed by atoms with Gasteiger partial charge in [0.15, 0.2) is 0 Å². The highest BCUT2D eigenvalue weighted by molar-refractivity contribution is 5.92. The number of hydrogen-bond acceptors (Lipinski definition) is 2. The van der Waals surface area contributed by atoms with Crippen molar-refractivity contribution in [3.63, 3.8) is 0 Å². The quantitative estimate of drug-likeness (QED) is 0.876. The van der Waals surface area contributed by atoms with Gasteiger partial charge in [-0.2, -0.15) is 5.10 Å². The van der Waals surface area contributed by atoms with Crippen molar-refractivity contribution in [2.75, 3.05) is 7.05 Å². The number of H-pyrrole nitrogens is 1. The Kier molecular flexibility index (Phi) is 3.82. The number of rotatable bonds is 5. The normalized spacial score (nSPS) is 10.6. The average Bonchev–Trinajstić information content (AvgIpc) is 3.00. The smallest absolute Gasteiger partial charge is 0.270 e. The second-order valence-corrected chi connectivity index (χ2v) is 4.35. The van der Waals surface area contributed by atoms with E-state index in [9.17, 15) is 4.79 Å². The van der Waals surface area contributed by atoms with Gasteiger partial charge in [-0.15, -0.1) is 0 Å². The molecule has 2 rings (SSSR count). The maximum absolute atomic E-state index is 12.3. The van der Waals surface area contributed by atoms with Gasteiger partial charge in [0.2, 0.25) is 0 Å². The molecule has 0 atom stereocenters. The molecule has 1 N–H and O–H groups in total. The summed E-state index contributed by atoms with van der Waals surface area (Å²) in [7, 11) is 1.80. The van der Waals surface area contributed by atoms with E-state index in [0.717, 1.165) is 24.2 Å². The fourth-order valence-corrected chi connectivity index (χ4v) is 1.95. The van der Waals surface area contributed by atoms with Crippen LogP contribution < -0.4 is 0 Å². The van der Waals surface area contributed by atoms with Crippen molar-refractivity contribution in [3.8, 4) is 0 Å². The van der Waals surface area contributed by atoms with Gasteiger partial charge in [0, 0.05) is 38.1 Å². The maximum atomic E-state index is 12.3. The highest BCUT2D eigenvalue weighted by Gasteiger charge is 2.15. The predicted octanol–water partition coefficient (Wildman–Crippen LogP) is 1.89. The average molecular weight is 246 g/mol. The molecule has 5 nitrogen and oxygen atoms in total. The minimum Gasteiger partial charge on any atom is -0.344 e. The Morgan fingerprint density at radius 1 is 1.56 bits per heavy atom. The minimum absolute atomic E-state index is 0.0367. The van der Waals surface area contributed by atoms with Crippen LogP contribution in [0.5, 0.6) is 0 Å². The third-order valence-electron chi connectivity index (χ3n) is 2.83. The lowest BCUT2D eigenvalue weighted by Crippen LogP contribution is -2.28. The molecule has 2 aromatic heterocycles. The summed E-state index contributed by atoms with van der Waals surface area (Å²) >= 11 is 0. The van der Waals surface area contributed by atoms with Crippen LogP contribution in [0, 0.1) is 0 Å². The number of carbonyl (C=O) groups excluding carboxylic acids is 1. The van der Waals surface area contributed by atoms with Gasteiger partial charge in [-0.25, -0.2) is 0 Å². The van der Waals surface area contributed by atoms with Crippen molar-refractivity contribution >= 4 is 5.91 Å². The summed E-state index contributed by atoms with van der Waals surface area (Å²) in [4.78, 5) is 14.0. The third-order valence-corrected chi connectivity index (χ3v) is 2.83. The number of carbonyl (C=O) groups is 1. The lowest BCUT2D eigenvalue weighted by molar-refractivity contribution is 0.0774. The van der Waals surface area contributed by atoms with Gasteiger partial charge < -0.3 is 9.47 Å². The van der Waals surface area contributed by atoms with Gasteiger partial charge in [0.1, 0.15) is 5.69 Å². The van der Waals surface area contributed by atoms with Crippen LogP contribution in [0.1, 0.15) is 29.4 Å². The molecule has 2 aromatic rings. The number of hydrogen-bond donors (Lipinski definition) is 1. The fourth-order valence-electron chi connectivity index (χ4n) is 1.95. The number of aryl methyl sites for hydroxylation is 1. The van der Waals surface area contributed by atoms with E-state index in [4.69, 9.17) is 0 Å². The van der Waals surface area contributed by atoms with E-state index in [1.54, 1.807) is 24.3 Å². The van der Waals surface area contributed by atoms with Crippen molar-refractivity contribution in [2.24, 2.45) is 0 Å². The van der Waals surface area contributed by atoms with Crippen molar-refractivity contribution in [2.45, 2.75) is 26.4 Å². The molecule has 0 aliphatic rings. The molecular formula is C13H18N4O. The van der Waals surface area contributed by atoms with Crippen LogP contribution in [-0.2, 0) is 13.1 Å². The number of amides is 1. The zero-order valence-corrected chi connectivity index (χ0v) is 10.8. The number of aromatic amines is 1. The largest absolute Gasteiger partial charge is 0.344 e. The summed E-state index contributed by atoms with van der Waals surface area (Å²) in [5.41, 5.74) is 1.74. The topological polar surface area (TPSA) is 53.9 Å². The molecule has 0 unspecified atom stereocenters. The molecule has 18 heavy (non-hydrogen) atoms. The van der Waals surface area contributed by atoms with E-state index in [-0.39, 0.29) is 5.91 Å². The van der Waals surface area contributed by atoms with Crippen LogP contribution in [0.3, 0.4) is 0 Å². The van der Waals surface area contributed by atoms with Crippen LogP contribution in [0.4, 0.5) is 0 Å². The molecule has 5 heteroatoms. The van der Waals surface area contributed by atoms with E-state index in [0.29, 0.717) is 6.54 Å². The maximum Gasteiger partial charge on any atom is 0.270 e. The zero-order chi connectivity index (χ0) is 13.0. The number of nitrogens with zero attached hydrogens (tertiary/aromatic N) is 3. The Morgan fingerprint density at radius 3 is 3.06 bits per heavy atom. The first-order chi connectivity index (χ1) is 8.72. The van der Waals surface area contributed by atoms with Gasteiger partial charge in [-0.3, -0.25) is 9.89 Å². The van der Waals surface area contributed by atoms with E-state index in [2.05, 4.69) is 17.1 Å². The molecule has 1 amide bonds. The first kappa shape index (κ1) is 12.4. The van der Waals surface area contributed by atoms with Gasteiger partial charge in [0.05, 0.1) is 6.20 Å². The lowest BCUT2D eigenvalue weighted by Gasteiger charge is -2.17. The van der Waals surface area contributed by atoms with E-state index < -0.39 is 0 Å². The Morgan fingerprint density at radius 2 is 2.39 bits per heavy atom. The van der Waals surface area contributed by atoms with Gasteiger partial charge in [0.25, 0.3) is 5.91 Å². The summed E-state index contributed by atoms with van der Waals surface area (Å²) in [6.45, 7) is 3.53. The van der Waals surface area contributed by atoms with Crippen LogP contribution >= 0.6 is 0 Å². The standard InChI is InChI=1S/C13H18N4O/c1-3-6-17-7-4-5-12(17)13(18)16(2)10-11-8-14-15-9-11/h4-5,7-9H,3,6,10H2,1-2H3,(H,14,15). The Labute approximate surface area is 106 Å². The molecule has 0 aromatic carbocycles. The summed E-state index contributed by atoms with van der Waals surface area (Å²) in [5, 5.41) is 6.62. The highest BCUT2D eigenvalue weighted by Crippen LogP contribution is 2.09. The van der Waals surface area contributed by atoms with Gasteiger partial charge >= 0.3 is 0 Å². The Hall–Kier alpha value is -2.04. The Bertz CT molecular complexity index is 501. The molecule has 0 radical (unpaired) electrons. The zero-order valence-electron chi connectivity index (χ0n) is 10.8. The molecule has 2 heterocycles. The monoisotopic (exact) mass is 246 g/mol. The van der Waals surface area contributed by atoms with Crippen LogP contribution in [-0.4, -0.2) is 32.6 Å². The Balaban J connectivity index is 2.08. The molecule has 0 spiro atoms. The van der Waals surface area contributed by atoms with Gasteiger partial charge in [-0.1, -0.05) is 6.92 Å². The highest BCUT2D eigenvalue weighted by atomic mass is 16.2. The summed E-state index contributed by atoms with van der Waals surface area (Å²) in [5.74, 6) is 0.0367. The fraction of sp³-hybridized carbons (Fsp3) is 0.385. The van der Waals surface area contributed by atoms with E-state index in [1.165, 1.54) is 0 Å². The second-order valence-electron chi connectivity index (χ2n) is 4.35. The second kappa shape index (κ2) is 5.53. The first-order valence-corrected chi connectivity index (χ1v) is 6.10. The van der Waals surface area contributed by atoms with Crippen LogP contribution in [0.2, 0.25) is 0 Å². The van der Waals surface area contributed by atoms with Gasteiger partial charge in [-0.05, 0) is 18.6 Å².